The standard InChI is InChI=1S/2C29H37N5O2.C8H8N2O.C8H6N2O.2ClH/c2*1-32(2)19-26-28(35-20-22-6-7-22)11-9-25-27(31-36-29(25)26)10-8-21-12-15-33(16-13-21)18-23-17-24-5-3-4-14-34(24)30-23;2*11-6-7-5-8-3-1-2-4-10(8)9-7;;/h2*3-5,9,11,14,17,21-22H,6-8,10,12-13,15-16,18-20H2,1-2H3;1-5,11H,6H2;1-6H;2*1H. The third-order valence-corrected chi connectivity index (χ3v) is 18.5. The molecule has 0 atom stereocenters. The summed E-state index contributed by atoms with van der Waals surface area (Å²) in [6.07, 6.45) is 22.8. The summed E-state index contributed by atoms with van der Waals surface area (Å²) < 4.78 is 31.5. The lowest BCUT2D eigenvalue weighted by molar-refractivity contribution is 0.111. The zero-order valence-corrected chi connectivity index (χ0v) is 57.2. The molecule has 2 saturated carbocycles. The van der Waals surface area contributed by atoms with Crippen molar-refractivity contribution in [1.82, 2.24) is 68.4 Å². The van der Waals surface area contributed by atoms with E-state index in [1.165, 1.54) is 51.4 Å². The molecule has 12 aromatic rings. The summed E-state index contributed by atoms with van der Waals surface area (Å²) in [5, 5.41) is 37.6. The van der Waals surface area contributed by atoms with Crippen LogP contribution in [-0.2, 0) is 45.6 Å². The van der Waals surface area contributed by atoms with E-state index in [-0.39, 0.29) is 31.4 Å². The number of ether oxygens (including phenoxy) is 2. The van der Waals surface area contributed by atoms with Crippen molar-refractivity contribution in [3.63, 3.8) is 0 Å². The van der Waals surface area contributed by atoms with E-state index in [0.29, 0.717) is 11.4 Å². The monoisotopic (exact) mass is 1340 g/mol. The molecule has 2 saturated heterocycles. The molecule has 20 nitrogen and oxygen atoms in total. The Labute approximate surface area is 572 Å². The second kappa shape index (κ2) is 32.7. The predicted octanol–water partition coefficient (Wildman–Crippen LogP) is 13.2. The number of piperidine rings is 2. The molecular weight excluding hydrogens is 1250 g/mol. The van der Waals surface area contributed by atoms with Crippen LogP contribution in [0.25, 0.3) is 44.0 Å². The van der Waals surface area contributed by atoms with Crippen molar-refractivity contribution < 1.29 is 28.4 Å². The van der Waals surface area contributed by atoms with Crippen LogP contribution < -0.4 is 9.47 Å². The first-order chi connectivity index (χ1) is 46.0. The second-order valence-electron chi connectivity index (χ2n) is 26.6. The SMILES string of the molecule is CN(C)Cc1c(OCC2CC2)ccc2c(CCC3CCN(Cc4cc5ccccn5n4)CC3)noc12.CN(C)Cc1c(OCC2CC2)ccc2c(CCC3CCN(Cc4cc5ccccn5n4)CC3)noc12.Cl.Cl.O=Cc1cc2ccccn2n1.OCc1cc2ccccn2n1. The first kappa shape index (κ1) is 69.2. The number of rotatable bonds is 22. The molecule has 1 N–H and O–H groups in total. The highest BCUT2D eigenvalue weighted by Gasteiger charge is 2.28. The number of carbonyl (C=O) groups excluding carboxylic acids is 1. The van der Waals surface area contributed by atoms with Crippen molar-refractivity contribution in [2.24, 2.45) is 23.7 Å². The maximum Gasteiger partial charge on any atom is 0.175 e. The van der Waals surface area contributed by atoms with Gasteiger partial charge in [-0.1, -0.05) is 34.6 Å². The van der Waals surface area contributed by atoms with E-state index in [4.69, 9.17) is 33.8 Å². The molecule has 4 aliphatic rings. The maximum atomic E-state index is 10.3. The molecule has 12 heterocycles. The van der Waals surface area contributed by atoms with Crippen LogP contribution >= 0.6 is 24.8 Å². The highest BCUT2D eigenvalue weighted by Crippen LogP contribution is 2.37. The van der Waals surface area contributed by atoms with E-state index in [0.717, 1.165) is 211 Å². The summed E-state index contributed by atoms with van der Waals surface area (Å²) >= 11 is 0. The lowest BCUT2D eigenvalue weighted by Crippen LogP contribution is -2.33. The molecule has 0 unspecified atom stereocenters. The zero-order valence-electron chi connectivity index (χ0n) is 55.6. The van der Waals surface area contributed by atoms with E-state index < -0.39 is 0 Å². The summed E-state index contributed by atoms with van der Waals surface area (Å²) in [7, 11) is 8.34. The Bertz CT molecular complexity index is 4100. The molecule has 2 aliphatic heterocycles. The molecule has 0 amide bonds. The molecule has 16 rings (SSSR count). The van der Waals surface area contributed by atoms with Crippen LogP contribution in [0.2, 0.25) is 0 Å². The van der Waals surface area contributed by atoms with Gasteiger partial charge in [-0.15, -0.1) is 24.8 Å². The minimum Gasteiger partial charge on any atom is -0.493 e. The van der Waals surface area contributed by atoms with Gasteiger partial charge in [-0.25, -0.2) is 18.1 Å². The summed E-state index contributed by atoms with van der Waals surface area (Å²) in [5.41, 5.74) is 14.0. The Morgan fingerprint density at radius 1 is 0.490 bits per heavy atom. The molecule has 2 aromatic carbocycles. The Morgan fingerprint density at radius 2 is 0.875 bits per heavy atom. The van der Waals surface area contributed by atoms with Gasteiger partial charge in [0.05, 0.1) is 81.5 Å². The fourth-order valence-corrected chi connectivity index (χ4v) is 13.0. The molecule has 2 aliphatic carbocycles. The molecule has 506 valence electrons. The summed E-state index contributed by atoms with van der Waals surface area (Å²) in [5.74, 6) is 4.81. The molecule has 0 radical (unpaired) electrons. The number of likely N-dealkylation sites (tertiary alicyclic amines) is 2. The minimum absolute atomic E-state index is 0. The van der Waals surface area contributed by atoms with Crippen molar-refractivity contribution >= 4 is 75.1 Å². The Kier molecular flexibility index (Phi) is 23.5. The third-order valence-electron chi connectivity index (χ3n) is 18.5. The van der Waals surface area contributed by atoms with E-state index in [9.17, 15) is 4.79 Å². The van der Waals surface area contributed by atoms with Crippen LogP contribution in [0, 0.1) is 23.7 Å². The fourth-order valence-electron chi connectivity index (χ4n) is 13.0. The number of halogens is 2. The van der Waals surface area contributed by atoms with Crippen molar-refractivity contribution in [2.75, 3.05) is 67.6 Å². The lowest BCUT2D eigenvalue weighted by atomic mass is 9.91. The maximum absolute atomic E-state index is 10.3. The van der Waals surface area contributed by atoms with Gasteiger partial charge in [0.2, 0.25) is 0 Å². The van der Waals surface area contributed by atoms with Gasteiger partial charge >= 0.3 is 0 Å². The number of nitrogens with zero attached hydrogens (tertiary/aromatic N) is 14. The van der Waals surface area contributed by atoms with Crippen LogP contribution in [0.1, 0.15) is 114 Å². The van der Waals surface area contributed by atoms with E-state index in [2.05, 4.69) is 129 Å². The molecule has 4 fully saturated rings. The van der Waals surface area contributed by atoms with Gasteiger partial charge in [0, 0.05) is 61.7 Å². The normalized spacial score (nSPS) is 15.5. The van der Waals surface area contributed by atoms with Crippen molar-refractivity contribution in [3.8, 4) is 11.5 Å². The van der Waals surface area contributed by atoms with Gasteiger partial charge in [0.1, 0.15) is 17.2 Å². The van der Waals surface area contributed by atoms with Crippen LogP contribution in [0.5, 0.6) is 11.5 Å². The van der Waals surface area contributed by atoms with Gasteiger partial charge in [0.25, 0.3) is 0 Å². The quantitative estimate of drug-likeness (QED) is 0.0630. The number of carbonyl (C=O) groups is 1. The number of pyridine rings is 4. The highest BCUT2D eigenvalue weighted by atomic mass is 35.5. The Morgan fingerprint density at radius 3 is 1.24 bits per heavy atom. The first-order valence-corrected chi connectivity index (χ1v) is 33.6. The van der Waals surface area contributed by atoms with Crippen LogP contribution in [0.3, 0.4) is 0 Å². The van der Waals surface area contributed by atoms with Crippen LogP contribution in [0.4, 0.5) is 0 Å². The molecule has 22 heteroatoms. The van der Waals surface area contributed by atoms with Gasteiger partial charge < -0.3 is 33.4 Å². The third kappa shape index (κ3) is 17.9. The number of aromatic nitrogens is 10. The summed E-state index contributed by atoms with van der Waals surface area (Å²) in [6.45, 7) is 9.59. The molecular formula is C74H90Cl2N14O6. The number of hydrogen-bond donors (Lipinski definition) is 1. The minimum atomic E-state index is 0. The Balaban J connectivity index is 0.000000146. The van der Waals surface area contributed by atoms with E-state index >= 15 is 0 Å². The smallest absolute Gasteiger partial charge is 0.175 e. The average Bonchev–Trinajstić information content (AvgIpc) is 1.76. The molecule has 0 bridgehead atoms. The number of fused-ring (bicyclic) bond motifs is 6. The Hall–Kier alpha value is -8.21. The van der Waals surface area contributed by atoms with Gasteiger partial charge in [0.15, 0.2) is 17.5 Å². The van der Waals surface area contributed by atoms with Crippen molar-refractivity contribution in [2.45, 2.75) is 110 Å². The van der Waals surface area contributed by atoms with Gasteiger partial charge in [-0.05, 0) is 252 Å². The number of aliphatic hydroxyl groups is 1. The van der Waals surface area contributed by atoms with E-state index in [1.54, 1.807) is 15.1 Å². The molecule has 0 spiro atoms. The summed E-state index contributed by atoms with van der Waals surface area (Å²) in [4.78, 5) is 19.7. The fraction of sp³-hybridized carbons (Fsp3) is 0.419. The average molecular weight is 1340 g/mol. The number of aryl methyl sites for hydroxylation is 2. The predicted molar refractivity (Wildman–Crippen MR) is 378 cm³/mol. The van der Waals surface area contributed by atoms with Gasteiger partial charge in [-0.3, -0.25) is 14.6 Å². The summed E-state index contributed by atoms with van der Waals surface area (Å²) in [6, 6.07) is 40.5. The first-order valence-electron chi connectivity index (χ1n) is 33.6. The second-order valence-corrected chi connectivity index (χ2v) is 26.6. The zero-order chi connectivity index (χ0) is 64.3. The van der Waals surface area contributed by atoms with Crippen LogP contribution in [-0.4, -0.2) is 147 Å². The van der Waals surface area contributed by atoms with Crippen LogP contribution in [0.15, 0.2) is 155 Å². The molecule has 96 heavy (non-hydrogen) atoms. The number of aldehydes is 1. The van der Waals surface area contributed by atoms with Gasteiger partial charge in [-0.2, -0.15) is 20.4 Å². The molecule has 10 aromatic heterocycles. The number of benzene rings is 2. The van der Waals surface area contributed by atoms with Crippen molar-refractivity contribution in [1.29, 1.82) is 0 Å². The van der Waals surface area contributed by atoms with Crippen molar-refractivity contribution in [3.05, 3.63) is 191 Å². The lowest BCUT2D eigenvalue weighted by Gasteiger charge is -2.31. The topological polar surface area (TPSA) is 190 Å². The highest BCUT2D eigenvalue weighted by molar-refractivity contribution is 5.86. The van der Waals surface area contributed by atoms with E-state index in [1.807, 2.05) is 88.4 Å². The number of aliphatic hydroxyl groups excluding tert-OH is 1. The largest absolute Gasteiger partial charge is 0.493 e. The number of hydrogen-bond acceptors (Lipinski definition) is 16.